The fourth-order valence-electron chi connectivity index (χ4n) is 3.61. The molecule has 0 radical (unpaired) electrons. The molecule has 2 aromatic rings. The van der Waals surface area contributed by atoms with Crippen LogP contribution in [0.4, 0.5) is 4.79 Å². The molecule has 3 amide bonds. The standard InChI is InChI=1S/C23H26N2O5/c1-22(2,3)15-5-8-17(9-6-15)28-12-11-25-20(26)23(4,24-21(25)27)16-7-10-18-19(13-16)30-14-29-18/h5-10,13H,11-12,14H2,1-4H3,(H,24,27)/t23-/m0/s1. The maximum Gasteiger partial charge on any atom is 0.325 e. The van der Waals surface area contributed by atoms with Gasteiger partial charge in [-0.3, -0.25) is 9.69 Å². The molecule has 7 heteroatoms. The highest BCUT2D eigenvalue weighted by Crippen LogP contribution is 2.37. The fourth-order valence-corrected chi connectivity index (χ4v) is 3.61. The maximum absolute atomic E-state index is 13.1. The summed E-state index contributed by atoms with van der Waals surface area (Å²) < 4.78 is 16.5. The number of hydrogen-bond donors (Lipinski definition) is 1. The lowest BCUT2D eigenvalue weighted by Gasteiger charge is -2.22. The molecule has 2 aromatic carbocycles. The number of benzene rings is 2. The van der Waals surface area contributed by atoms with Crippen molar-refractivity contribution in [1.29, 1.82) is 0 Å². The van der Waals surface area contributed by atoms with Crippen molar-refractivity contribution in [1.82, 2.24) is 10.2 Å². The number of rotatable bonds is 5. The van der Waals surface area contributed by atoms with Gasteiger partial charge in [0.25, 0.3) is 5.91 Å². The Balaban J connectivity index is 1.41. The van der Waals surface area contributed by atoms with E-state index in [1.54, 1.807) is 25.1 Å². The topological polar surface area (TPSA) is 77.1 Å². The quantitative estimate of drug-likeness (QED) is 0.763. The Hall–Kier alpha value is -3.22. The van der Waals surface area contributed by atoms with E-state index in [2.05, 4.69) is 26.1 Å². The third-order valence-electron chi connectivity index (χ3n) is 5.53. The van der Waals surface area contributed by atoms with Gasteiger partial charge in [0.1, 0.15) is 17.9 Å². The Labute approximate surface area is 175 Å². The van der Waals surface area contributed by atoms with Crippen molar-refractivity contribution in [2.45, 2.75) is 38.6 Å². The summed E-state index contributed by atoms with van der Waals surface area (Å²) in [5, 5.41) is 2.80. The van der Waals surface area contributed by atoms with Gasteiger partial charge in [-0.15, -0.1) is 0 Å². The minimum atomic E-state index is -1.16. The first-order valence-electron chi connectivity index (χ1n) is 9.96. The smallest absolute Gasteiger partial charge is 0.325 e. The summed E-state index contributed by atoms with van der Waals surface area (Å²) in [7, 11) is 0. The number of carbonyl (C=O) groups is 2. The molecular weight excluding hydrogens is 384 g/mol. The average Bonchev–Trinajstić information content (AvgIpc) is 3.25. The lowest BCUT2D eigenvalue weighted by molar-refractivity contribution is -0.131. The Morgan fingerprint density at radius 1 is 1.07 bits per heavy atom. The first kappa shape index (κ1) is 20.1. The van der Waals surface area contributed by atoms with Crippen molar-refractivity contribution >= 4 is 11.9 Å². The van der Waals surface area contributed by atoms with E-state index in [-0.39, 0.29) is 31.3 Å². The lowest BCUT2D eigenvalue weighted by Crippen LogP contribution is -2.41. The Kier molecular flexibility index (Phi) is 4.84. The van der Waals surface area contributed by atoms with Crippen LogP contribution in [0.3, 0.4) is 0 Å². The molecule has 2 heterocycles. The van der Waals surface area contributed by atoms with E-state index in [1.165, 1.54) is 10.5 Å². The summed E-state index contributed by atoms with van der Waals surface area (Å²) in [5.41, 5.74) is 0.763. The van der Waals surface area contributed by atoms with Crippen LogP contribution in [0.1, 0.15) is 38.8 Å². The van der Waals surface area contributed by atoms with E-state index in [0.29, 0.717) is 22.8 Å². The Bertz CT molecular complexity index is 980. The van der Waals surface area contributed by atoms with Gasteiger partial charge in [-0.2, -0.15) is 0 Å². The number of hydrogen-bond acceptors (Lipinski definition) is 5. The molecule has 30 heavy (non-hydrogen) atoms. The summed E-state index contributed by atoms with van der Waals surface area (Å²) in [4.78, 5) is 26.7. The van der Waals surface area contributed by atoms with Crippen LogP contribution in [0, 0.1) is 0 Å². The van der Waals surface area contributed by atoms with Gasteiger partial charge in [0.2, 0.25) is 6.79 Å². The summed E-state index contributed by atoms with van der Waals surface area (Å²) >= 11 is 0. The maximum atomic E-state index is 13.1. The van der Waals surface area contributed by atoms with Crippen molar-refractivity contribution in [3.05, 3.63) is 53.6 Å². The number of amides is 3. The number of nitrogens with zero attached hydrogens (tertiary/aromatic N) is 1. The van der Waals surface area contributed by atoms with E-state index in [1.807, 2.05) is 24.3 Å². The third-order valence-corrected chi connectivity index (χ3v) is 5.53. The number of carbonyl (C=O) groups excluding carboxylic acids is 2. The van der Waals surface area contributed by atoms with Crippen LogP contribution in [-0.2, 0) is 15.7 Å². The highest BCUT2D eigenvalue weighted by Gasteiger charge is 2.49. The minimum absolute atomic E-state index is 0.0672. The van der Waals surface area contributed by atoms with Crippen molar-refractivity contribution in [2.24, 2.45) is 0 Å². The molecule has 0 bridgehead atoms. The van der Waals surface area contributed by atoms with E-state index >= 15 is 0 Å². The monoisotopic (exact) mass is 410 g/mol. The fraction of sp³-hybridized carbons (Fsp3) is 0.391. The van der Waals surface area contributed by atoms with Crippen molar-refractivity contribution in [2.75, 3.05) is 19.9 Å². The van der Waals surface area contributed by atoms with Crippen molar-refractivity contribution in [3.63, 3.8) is 0 Å². The molecule has 0 saturated carbocycles. The number of ether oxygens (including phenoxy) is 3. The largest absolute Gasteiger partial charge is 0.492 e. The zero-order valence-electron chi connectivity index (χ0n) is 17.7. The van der Waals surface area contributed by atoms with Gasteiger partial charge in [0, 0.05) is 0 Å². The average molecular weight is 410 g/mol. The molecule has 1 saturated heterocycles. The molecule has 2 aliphatic heterocycles. The van der Waals surface area contributed by atoms with Gasteiger partial charge < -0.3 is 19.5 Å². The van der Waals surface area contributed by atoms with Crippen LogP contribution < -0.4 is 19.5 Å². The van der Waals surface area contributed by atoms with Crippen LogP contribution >= 0.6 is 0 Å². The number of fused-ring (bicyclic) bond motifs is 1. The number of urea groups is 1. The van der Waals surface area contributed by atoms with Crippen LogP contribution in [0.5, 0.6) is 17.2 Å². The molecule has 0 spiro atoms. The molecule has 7 nitrogen and oxygen atoms in total. The van der Waals surface area contributed by atoms with Crippen LogP contribution in [0.15, 0.2) is 42.5 Å². The SMILES string of the molecule is CC(C)(C)c1ccc(OCCN2C(=O)N[C@@](C)(c3ccc4c(c3)OCO4)C2=O)cc1. The predicted octanol–water partition coefficient (Wildman–Crippen LogP) is 3.56. The highest BCUT2D eigenvalue weighted by molar-refractivity contribution is 6.07. The minimum Gasteiger partial charge on any atom is -0.492 e. The molecule has 1 N–H and O–H groups in total. The van der Waals surface area contributed by atoms with E-state index in [9.17, 15) is 9.59 Å². The van der Waals surface area contributed by atoms with E-state index in [4.69, 9.17) is 14.2 Å². The van der Waals surface area contributed by atoms with Gasteiger partial charge in [-0.25, -0.2) is 4.79 Å². The van der Waals surface area contributed by atoms with Gasteiger partial charge in [0.05, 0.1) is 6.54 Å². The predicted molar refractivity (Wildman–Crippen MR) is 111 cm³/mol. The molecule has 1 fully saturated rings. The molecule has 0 aromatic heterocycles. The summed E-state index contributed by atoms with van der Waals surface area (Å²) in [6.45, 7) is 8.66. The zero-order chi connectivity index (χ0) is 21.5. The molecule has 2 aliphatic rings. The Morgan fingerprint density at radius 3 is 2.47 bits per heavy atom. The Morgan fingerprint density at radius 2 is 1.77 bits per heavy atom. The van der Waals surface area contributed by atoms with Gasteiger partial charge in [-0.1, -0.05) is 39.0 Å². The van der Waals surface area contributed by atoms with Crippen LogP contribution in [0.25, 0.3) is 0 Å². The molecule has 0 aliphatic carbocycles. The normalized spacial score (nSPS) is 20.5. The summed E-state index contributed by atoms with van der Waals surface area (Å²) in [6.07, 6.45) is 0. The molecule has 158 valence electrons. The molecular formula is C23H26N2O5. The van der Waals surface area contributed by atoms with Gasteiger partial charge >= 0.3 is 6.03 Å². The first-order chi connectivity index (χ1) is 14.2. The first-order valence-corrected chi connectivity index (χ1v) is 9.96. The molecule has 4 rings (SSSR count). The molecule has 0 unspecified atom stereocenters. The summed E-state index contributed by atoms with van der Waals surface area (Å²) in [5.74, 6) is 1.57. The highest BCUT2D eigenvalue weighted by atomic mass is 16.7. The van der Waals surface area contributed by atoms with Crippen LogP contribution in [-0.4, -0.2) is 36.8 Å². The second kappa shape index (κ2) is 7.23. The third kappa shape index (κ3) is 3.56. The second-order valence-corrected chi connectivity index (χ2v) is 8.70. The number of nitrogens with one attached hydrogen (secondary N) is 1. The van der Waals surface area contributed by atoms with Gasteiger partial charge in [-0.05, 0) is 47.7 Å². The lowest BCUT2D eigenvalue weighted by atomic mass is 9.87. The zero-order valence-corrected chi connectivity index (χ0v) is 17.7. The molecule has 1 atom stereocenters. The van der Waals surface area contributed by atoms with Gasteiger partial charge in [0.15, 0.2) is 11.5 Å². The number of imide groups is 1. The second-order valence-electron chi connectivity index (χ2n) is 8.70. The van der Waals surface area contributed by atoms with Crippen molar-refractivity contribution in [3.8, 4) is 17.2 Å². The summed E-state index contributed by atoms with van der Waals surface area (Å²) in [6, 6.07) is 12.7. The van der Waals surface area contributed by atoms with Crippen molar-refractivity contribution < 1.29 is 23.8 Å². The van der Waals surface area contributed by atoms with E-state index in [0.717, 1.165) is 0 Å². The van der Waals surface area contributed by atoms with E-state index < -0.39 is 11.6 Å². The van der Waals surface area contributed by atoms with Crippen LogP contribution in [0.2, 0.25) is 0 Å².